The lowest BCUT2D eigenvalue weighted by molar-refractivity contribution is 0.593. The molecule has 0 radical (unpaired) electrons. The van der Waals surface area contributed by atoms with Gasteiger partial charge in [-0.25, -0.2) is 4.98 Å². The van der Waals surface area contributed by atoms with E-state index in [1.807, 2.05) is 66.7 Å². The van der Waals surface area contributed by atoms with Crippen LogP contribution in [0.4, 0.5) is 0 Å². The van der Waals surface area contributed by atoms with E-state index in [9.17, 15) is 0 Å². The summed E-state index contributed by atoms with van der Waals surface area (Å²) in [5.74, 6) is 0. The second-order valence-electron chi connectivity index (χ2n) is 11.1. The molecular formula is C39H25N2OP. The Balaban J connectivity index is 1.65. The van der Waals surface area contributed by atoms with Crippen LogP contribution in [-0.4, -0.2) is 9.38 Å². The van der Waals surface area contributed by atoms with Crippen molar-refractivity contribution >= 4 is 83.0 Å². The predicted molar refractivity (Wildman–Crippen MR) is 182 cm³/mol. The number of para-hydroxylation sites is 2. The molecule has 0 N–H and O–H groups in total. The molecular weight excluding hydrogens is 543 g/mol. The lowest BCUT2D eigenvalue weighted by Crippen LogP contribution is -2.26. The summed E-state index contributed by atoms with van der Waals surface area (Å²) >= 11 is 0. The van der Waals surface area contributed by atoms with Crippen molar-refractivity contribution in [2.24, 2.45) is 0 Å². The van der Waals surface area contributed by atoms with Gasteiger partial charge in [-0.05, 0) is 45.1 Å². The van der Waals surface area contributed by atoms with Gasteiger partial charge in [0.1, 0.15) is 5.65 Å². The normalized spacial score (nSPS) is 12.3. The number of rotatable bonds is 3. The van der Waals surface area contributed by atoms with E-state index in [4.69, 9.17) is 4.98 Å². The van der Waals surface area contributed by atoms with Crippen molar-refractivity contribution in [1.29, 1.82) is 0 Å². The lowest BCUT2D eigenvalue weighted by Gasteiger charge is -2.25. The van der Waals surface area contributed by atoms with Crippen molar-refractivity contribution in [3.05, 3.63) is 152 Å². The fourth-order valence-corrected chi connectivity index (χ4v) is 10.0. The molecule has 2 heterocycles. The van der Waals surface area contributed by atoms with E-state index in [1.54, 1.807) is 0 Å². The molecule has 43 heavy (non-hydrogen) atoms. The first-order chi connectivity index (χ1) is 21.2. The number of aromatic nitrogens is 2. The predicted octanol–water partition coefficient (Wildman–Crippen LogP) is 8.74. The largest absolute Gasteiger partial charge is 0.309 e. The Bertz CT molecular complexity index is 2540. The van der Waals surface area contributed by atoms with Crippen molar-refractivity contribution in [3.8, 4) is 0 Å². The molecule has 0 unspecified atom stereocenters. The topological polar surface area (TPSA) is 34.4 Å². The van der Waals surface area contributed by atoms with Gasteiger partial charge < -0.3 is 4.57 Å². The first-order valence-corrected chi connectivity index (χ1v) is 16.2. The fourth-order valence-electron chi connectivity index (χ4n) is 6.92. The second-order valence-corrected chi connectivity index (χ2v) is 13.8. The Labute approximate surface area is 248 Å². The van der Waals surface area contributed by atoms with E-state index in [-0.39, 0.29) is 0 Å². The van der Waals surface area contributed by atoms with Crippen LogP contribution in [0.1, 0.15) is 0 Å². The van der Waals surface area contributed by atoms with Gasteiger partial charge in [-0.2, -0.15) is 0 Å². The zero-order valence-corrected chi connectivity index (χ0v) is 24.1. The number of imidazole rings is 1. The maximum atomic E-state index is 16.3. The fraction of sp³-hybridized carbons (Fsp3) is 0. The van der Waals surface area contributed by atoms with Gasteiger partial charge in [0, 0.05) is 26.7 Å². The zero-order chi connectivity index (χ0) is 28.5. The van der Waals surface area contributed by atoms with Crippen molar-refractivity contribution < 1.29 is 4.57 Å². The smallest absolute Gasteiger partial charge is 0.172 e. The van der Waals surface area contributed by atoms with Crippen LogP contribution < -0.4 is 15.9 Å². The van der Waals surface area contributed by atoms with Crippen LogP contribution in [0.5, 0.6) is 0 Å². The molecule has 0 atom stereocenters. The molecule has 0 amide bonds. The molecule has 0 spiro atoms. The molecule has 9 aromatic rings. The third-order valence-electron chi connectivity index (χ3n) is 8.78. The van der Waals surface area contributed by atoms with Gasteiger partial charge in [0.05, 0.1) is 16.6 Å². The van der Waals surface area contributed by atoms with Crippen LogP contribution in [0, 0.1) is 0 Å². The maximum absolute atomic E-state index is 16.3. The summed E-state index contributed by atoms with van der Waals surface area (Å²) in [5, 5.41) is 10.0. The molecule has 2 aromatic heterocycles. The molecule has 202 valence electrons. The van der Waals surface area contributed by atoms with Gasteiger partial charge in [-0.1, -0.05) is 133 Å². The summed E-state index contributed by atoms with van der Waals surface area (Å²) in [6.45, 7) is 0. The van der Waals surface area contributed by atoms with E-state index in [0.29, 0.717) is 0 Å². The van der Waals surface area contributed by atoms with Gasteiger partial charge in [0.2, 0.25) is 0 Å². The summed E-state index contributed by atoms with van der Waals surface area (Å²) in [6.07, 6.45) is 0. The Morgan fingerprint density at radius 2 is 1.09 bits per heavy atom. The molecule has 0 aliphatic heterocycles. The van der Waals surface area contributed by atoms with Crippen LogP contribution in [0.15, 0.2) is 152 Å². The second kappa shape index (κ2) is 9.13. The van der Waals surface area contributed by atoms with Crippen molar-refractivity contribution in [2.45, 2.75) is 0 Å². The van der Waals surface area contributed by atoms with Gasteiger partial charge in [-0.3, -0.25) is 4.40 Å². The molecule has 0 aliphatic carbocycles. The molecule has 0 bridgehead atoms. The molecule has 9 rings (SSSR count). The molecule has 0 fully saturated rings. The van der Waals surface area contributed by atoms with Crippen LogP contribution in [-0.2, 0) is 4.57 Å². The molecule has 3 nitrogen and oxygen atoms in total. The van der Waals surface area contributed by atoms with Gasteiger partial charge >= 0.3 is 0 Å². The van der Waals surface area contributed by atoms with Crippen molar-refractivity contribution in [1.82, 2.24) is 9.38 Å². The average molecular weight is 569 g/mol. The minimum absolute atomic E-state index is 0.823. The van der Waals surface area contributed by atoms with E-state index in [1.165, 1.54) is 0 Å². The summed E-state index contributed by atoms with van der Waals surface area (Å²) in [4.78, 5) is 5.23. The highest BCUT2D eigenvalue weighted by molar-refractivity contribution is 7.86. The zero-order valence-electron chi connectivity index (χ0n) is 23.2. The Hall–Kier alpha value is -5.24. The molecule has 4 heteroatoms. The summed E-state index contributed by atoms with van der Waals surface area (Å²) < 4.78 is 18.6. The van der Waals surface area contributed by atoms with Crippen LogP contribution in [0.2, 0.25) is 0 Å². The summed E-state index contributed by atoms with van der Waals surface area (Å²) in [7, 11) is -3.39. The number of benzene rings is 7. The number of hydrogen-bond donors (Lipinski definition) is 0. The molecule has 0 saturated heterocycles. The van der Waals surface area contributed by atoms with Gasteiger partial charge in [-0.15, -0.1) is 0 Å². The summed E-state index contributed by atoms with van der Waals surface area (Å²) in [6, 6.07) is 51.9. The van der Waals surface area contributed by atoms with Crippen molar-refractivity contribution in [2.75, 3.05) is 0 Å². The minimum atomic E-state index is -3.39. The molecule has 0 saturated carbocycles. The number of pyridine rings is 1. The van der Waals surface area contributed by atoms with Crippen molar-refractivity contribution in [3.63, 3.8) is 0 Å². The van der Waals surface area contributed by atoms with Gasteiger partial charge in [0.15, 0.2) is 7.14 Å². The first kappa shape index (κ1) is 24.4. The van der Waals surface area contributed by atoms with Gasteiger partial charge in [0.25, 0.3) is 0 Å². The maximum Gasteiger partial charge on any atom is 0.172 e. The van der Waals surface area contributed by atoms with E-state index in [2.05, 4.69) is 89.3 Å². The number of hydrogen-bond acceptors (Lipinski definition) is 2. The third kappa shape index (κ3) is 3.37. The quantitative estimate of drug-likeness (QED) is 0.121. The summed E-state index contributed by atoms with van der Waals surface area (Å²) in [5.41, 5.74) is 3.89. The third-order valence-corrected chi connectivity index (χ3v) is 11.9. The highest BCUT2D eigenvalue weighted by atomic mass is 31.2. The molecule has 7 aromatic carbocycles. The standard InChI is InChI=1S/C39H25N2OP/c42-43(28-15-3-1-4-16-28,29-17-5-2-6-18-29)38-31-20-10-8-14-27(31)25-35-37(38)32-24-23-26-13-7-9-19-30(26)36(32)39-40-33-21-11-12-22-34(33)41(35)39/h1-25H. The van der Waals surface area contributed by atoms with E-state index >= 15 is 4.57 Å². The average Bonchev–Trinajstić information content (AvgIpc) is 3.47. The van der Waals surface area contributed by atoms with Crippen LogP contribution >= 0.6 is 7.14 Å². The molecule has 0 aliphatic rings. The Kier molecular flexibility index (Phi) is 5.17. The van der Waals surface area contributed by atoms with Crippen LogP contribution in [0.3, 0.4) is 0 Å². The van der Waals surface area contributed by atoms with E-state index < -0.39 is 7.14 Å². The first-order valence-electron chi connectivity index (χ1n) is 14.5. The lowest BCUT2D eigenvalue weighted by atomic mass is 9.97. The highest BCUT2D eigenvalue weighted by Crippen LogP contribution is 2.49. The highest BCUT2D eigenvalue weighted by Gasteiger charge is 2.35. The Morgan fingerprint density at radius 1 is 0.488 bits per heavy atom. The number of fused-ring (bicyclic) bond motifs is 11. The SMILES string of the molecule is O=P(c1ccccc1)(c1ccccc1)c1c2ccccc2cc2c1c1ccc3ccccc3c1c1nc3ccccc3n21. The Morgan fingerprint density at radius 3 is 1.84 bits per heavy atom. The monoisotopic (exact) mass is 568 g/mol. The minimum Gasteiger partial charge on any atom is -0.309 e. The van der Waals surface area contributed by atoms with Crippen LogP contribution in [0.25, 0.3) is 59.9 Å². The number of nitrogens with zero attached hydrogens (tertiary/aromatic N) is 2. The van der Waals surface area contributed by atoms with E-state index in [0.717, 1.165) is 75.8 Å².